The number of carboxylic acids is 1. The summed E-state index contributed by atoms with van der Waals surface area (Å²) in [6.07, 6.45) is 0. The fourth-order valence-electron chi connectivity index (χ4n) is 1.44. The molecule has 0 aromatic heterocycles. The van der Waals surface area contributed by atoms with E-state index in [4.69, 9.17) is 5.11 Å². The van der Waals surface area contributed by atoms with Gasteiger partial charge in [0.25, 0.3) is 0 Å². The molecule has 98 valence electrons. The van der Waals surface area contributed by atoms with Gasteiger partial charge >= 0.3 is 5.97 Å². The number of anilines is 1. The predicted molar refractivity (Wildman–Crippen MR) is 77.6 cm³/mol. The zero-order valence-electron chi connectivity index (χ0n) is 10.2. The summed E-state index contributed by atoms with van der Waals surface area (Å²) in [5, 5.41) is 14.4. The van der Waals surface area contributed by atoms with Crippen LogP contribution >= 0.6 is 22.6 Å². The van der Waals surface area contributed by atoms with Crippen molar-refractivity contribution in [3.8, 4) is 0 Å². The summed E-state index contributed by atoms with van der Waals surface area (Å²) in [5.41, 5.74) is 1.90. The van der Waals surface area contributed by atoms with Crippen molar-refractivity contribution in [3.63, 3.8) is 0 Å². The van der Waals surface area contributed by atoms with Gasteiger partial charge in [0.05, 0.1) is 0 Å². The Morgan fingerprint density at radius 3 is 2.67 bits per heavy atom. The minimum Gasteiger partial charge on any atom is -0.480 e. The van der Waals surface area contributed by atoms with Gasteiger partial charge in [-0.2, -0.15) is 0 Å². The molecule has 0 aliphatic heterocycles. The fraction of sp³-hybridized carbons (Fsp3) is 0.333. The first-order chi connectivity index (χ1) is 8.40. The first-order valence-electron chi connectivity index (χ1n) is 5.40. The summed E-state index contributed by atoms with van der Waals surface area (Å²) in [6.45, 7) is 3.38. The molecule has 0 spiro atoms. The van der Waals surface area contributed by atoms with Crippen molar-refractivity contribution >= 4 is 40.2 Å². The van der Waals surface area contributed by atoms with E-state index in [9.17, 15) is 9.59 Å². The second-order valence-electron chi connectivity index (χ2n) is 3.93. The molecule has 1 aromatic carbocycles. The highest BCUT2D eigenvalue weighted by molar-refractivity contribution is 14.1. The lowest BCUT2D eigenvalue weighted by molar-refractivity contribution is -0.141. The van der Waals surface area contributed by atoms with Gasteiger partial charge in [0.1, 0.15) is 6.04 Å². The molecule has 0 saturated carbocycles. The number of aliphatic carboxylic acids is 1. The van der Waals surface area contributed by atoms with Crippen LogP contribution in [0.15, 0.2) is 18.2 Å². The molecule has 6 heteroatoms. The fourth-order valence-corrected chi connectivity index (χ4v) is 1.93. The molecule has 1 unspecified atom stereocenters. The Morgan fingerprint density at radius 2 is 2.11 bits per heavy atom. The third-order valence-corrected chi connectivity index (χ3v) is 3.04. The number of nitrogens with one attached hydrogen (secondary N) is 2. The van der Waals surface area contributed by atoms with Crippen molar-refractivity contribution in [3.05, 3.63) is 27.3 Å². The van der Waals surface area contributed by atoms with E-state index >= 15 is 0 Å². The average Bonchev–Trinajstić information content (AvgIpc) is 2.27. The van der Waals surface area contributed by atoms with Crippen LogP contribution in [0.3, 0.4) is 0 Å². The van der Waals surface area contributed by atoms with Gasteiger partial charge in [-0.15, -0.1) is 0 Å². The number of carbonyl (C=O) groups excluding carboxylic acids is 1. The maximum absolute atomic E-state index is 11.0. The van der Waals surface area contributed by atoms with Crippen molar-refractivity contribution in [2.24, 2.45) is 0 Å². The zero-order chi connectivity index (χ0) is 13.7. The first kappa shape index (κ1) is 14.7. The standard InChI is InChI=1S/C12H15IN2O3/c1-7-3-4-9(13)5-10(7)14-6-11(12(17)18)15-8(2)16/h3-5,11,14H,6H2,1-2H3,(H,15,16)(H,17,18). The van der Waals surface area contributed by atoms with Gasteiger partial charge in [-0.25, -0.2) is 4.79 Å². The second kappa shape index (κ2) is 6.58. The quantitative estimate of drug-likeness (QED) is 0.696. The maximum Gasteiger partial charge on any atom is 0.328 e. The Labute approximate surface area is 119 Å². The van der Waals surface area contributed by atoms with Gasteiger partial charge in [-0.1, -0.05) is 6.07 Å². The lowest BCUT2D eigenvalue weighted by Gasteiger charge is -2.16. The first-order valence-corrected chi connectivity index (χ1v) is 6.48. The molecule has 0 fully saturated rings. The van der Waals surface area contributed by atoms with Gasteiger partial charge in [-0.05, 0) is 47.2 Å². The van der Waals surface area contributed by atoms with Crippen molar-refractivity contribution in [1.29, 1.82) is 0 Å². The van der Waals surface area contributed by atoms with E-state index < -0.39 is 12.0 Å². The summed E-state index contributed by atoms with van der Waals surface area (Å²) >= 11 is 2.19. The molecular formula is C12H15IN2O3. The third kappa shape index (κ3) is 4.52. The summed E-state index contributed by atoms with van der Waals surface area (Å²) in [4.78, 5) is 21.8. The van der Waals surface area contributed by atoms with Crippen LogP contribution in [0.1, 0.15) is 12.5 Å². The Kier molecular flexibility index (Phi) is 5.39. The van der Waals surface area contributed by atoms with Crippen LogP contribution in [0.2, 0.25) is 0 Å². The topological polar surface area (TPSA) is 78.4 Å². The number of hydrogen-bond acceptors (Lipinski definition) is 3. The molecule has 0 aliphatic carbocycles. The molecule has 18 heavy (non-hydrogen) atoms. The molecule has 1 rings (SSSR count). The van der Waals surface area contributed by atoms with Crippen LogP contribution < -0.4 is 10.6 Å². The summed E-state index contributed by atoms with van der Waals surface area (Å²) in [5.74, 6) is -1.41. The van der Waals surface area contributed by atoms with Crippen LogP contribution in [-0.2, 0) is 9.59 Å². The van der Waals surface area contributed by atoms with Gasteiger partial charge < -0.3 is 15.7 Å². The average molecular weight is 362 g/mol. The molecule has 5 nitrogen and oxygen atoms in total. The molecule has 0 saturated heterocycles. The minimum atomic E-state index is -1.05. The summed E-state index contributed by atoms with van der Waals surface area (Å²) < 4.78 is 1.06. The van der Waals surface area contributed by atoms with E-state index in [2.05, 4.69) is 33.2 Å². The van der Waals surface area contributed by atoms with Gasteiger partial charge in [0, 0.05) is 22.7 Å². The van der Waals surface area contributed by atoms with Gasteiger partial charge in [0.15, 0.2) is 0 Å². The van der Waals surface area contributed by atoms with Crippen molar-refractivity contribution < 1.29 is 14.7 Å². The largest absolute Gasteiger partial charge is 0.480 e. The highest BCUT2D eigenvalue weighted by Gasteiger charge is 2.18. The van der Waals surface area contributed by atoms with Crippen LogP contribution in [0.4, 0.5) is 5.69 Å². The zero-order valence-corrected chi connectivity index (χ0v) is 12.3. The Balaban J connectivity index is 2.69. The predicted octanol–water partition coefficient (Wildman–Crippen LogP) is 1.60. The van der Waals surface area contributed by atoms with Crippen molar-refractivity contribution in [2.75, 3.05) is 11.9 Å². The van der Waals surface area contributed by atoms with Crippen LogP contribution in [0.25, 0.3) is 0 Å². The Morgan fingerprint density at radius 1 is 1.44 bits per heavy atom. The summed E-state index contributed by atoms with van der Waals surface area (Å²) in [7, 11) is 0. The van der Waals surface area contributed by atoms with Crippen LogP contribution in [-0.4, -0.2) is 29.6 Å². The third-order valence-electron chi connectivity index (χ3n) is 2.37. The normalized spacial score (nSPS) is 11.7. The number of carbonyl (C=O) groups is 2. The molecule has 0 radical (unpaired) electrons. The SMILES string of the molecule is CC(=O)NC(CNc1cc(I)ccc1C)C(=O)O. The second-order valence-corrected chi connectivity index (χ2v) is 5.18. The van der Waals surface area contributed by atoms with Crippen molar-refractivity contribution in [1.82, 2.24) is 5.32 Å². The minimum absolute atomic E-state index is 0.149. The lowest BCUT2D eigenvalue weighted by atomic mass is 10.2. The summed E-state index contributed by atoms with van der Waals surface area (Å²) in [6, 6.07) is 4.93. The highest BCUT2D eigenvalue weighted by Crippen LogP contribution is 2.17. The molecule has 3 N–H and O–H groups in total. The molecular weight excluding hydrogens is 347 g/mol. The van der Waals surface area contributed by atoms with Crippen LogP contribution in [0.5, 0.6) is 0 Å². The number of rotatable bonds is 5. The molecule has 1 amide bonds. The molecule has 0 heterocycles. The monoisotopic (exact) mass is 362 g/mol. The number of amides is 1. The van der Waals surface area contributed by atoms with E-state index in [-0.39, 0.29) is 12.5 Å². The highest BCUT2D eigenvalue weighted by atomic mass is 127. The van der Waals surface area contributed by atoms with Crippen LogP contribution in [0, 0.1) is 10.5 Å². The number of aryl methyl sites for hydroxylation is 1. The smallest absolute Gasteiger partial charge is 0.328 e. The number of hydrogen-bond donors (Lipinski definition) is 3. The number of carboxylic acid groups (broad SMARTS) is 1. The number of halogens is 1. The van der Waals surface area contributed by atoms with E-state index in [1.54, 1.807) is 0 Å². The van der Waals surface area contributed by atoms with E-state index in [0.717, 1.165) is 14.8 Å². The van der Waals surface area contributed by atoms with Gasteiger partial charge in [-0.3, -0.25) is 4.79 Å². The van der Waals surface area contributed by atoms with E-state index in [0.29, 0.717) is 0 Å². The molecule has 0 aliphatic rings. The molecule has 1 atom stereocenters. The van der Waals surface area contributed by atoms with E-state index in [1.165, 1.54) is 6.92 Å². The molecule has 0 bridgehead atoms. The number of benzene rings is 1. The lowest BCUT2D eigenvalue weighted by Crippen LogP contribution is -2.44. The molecule has 1 aromatic rings. The van der Waals surface area contributed by atoms with Crippen molar-refractivity contribution in [2.45, 2.75) is 19.9 Å². The van der Waals surface area contributed by atoms with E-state index in [1.807, 2.05) is 25.1 Å². The Hall–Kier alpha value is -1.31. The Bertz CT molecular complexity index is 463. The maximum atomic E-state index is 11.0. The van der Waals surface area contributed by atoms with Gasteiger partial charge in [0.2, 0.25) is 5.91 Å².